The number of likely N-dealkylation sites (tertiary alicyclic amines) is 1. The van der Waals surface area contributed by atoms with Crippen molar-refractivity contribution in [2.24, 2.45) is 4.99 Å². The Morgan fingerprint density at radius 2 is 1.81 bits per heavy atom. The van der Waals surface area contributed by atoms with Gasteiger partial charge in [0.25, 0.3) is 0 Å². The minimum absolute atomic E-state index is 0.123. The van der Waals surface area contributed by atoms with E-state index < -0.39 is 6.04 Å². The lowest BCUT2D eigenvalue weighted by molar-refractivity contribution is -0.121. The SMILES string of the molecule is CNC(=O)CCC(C=O)N(C)C(C)=Nc1ccc(OCc2ccc(CN3CCCCC3)cc2)cc1C=O. The van der Waals surface area contributed by atoms with E-state index in [9.17, 15) is 14.4 Å². The Balaban J connectivity index is 1.59. The van der Waals surface area contributed by atoms with Crippen LogP contribution in [0.2, 0.25) is 0 Å². The molecule has 2 aromatic carbocycles. The van der Waals surface area contributed by atoms with E-state index in [1.807, 2.05) is 0 Å². The first kappa shape index (κ1) is 28.1. The molecule has 1 fully saturated rings. The number of likely N-dealkylation sites (N-methyl/N-ethyl adjacent to an activating group) is 1. The number of rotatable bonds is 12. The van der Waals surface area contributed by atoms with Gasteiger partial charge in [-0.3, -0.25) is 14.5 Å². The zero-order valence-electron chi connectivity index (χ0n) is 22.1. The molecule has 0 aromatic heterocycles. The molecule has 1 aliphatic rings. The molecule has 2 aromatic rings. The minimum atomic E-state index is -0.491. The second-order valence-corrected chi connectivity index (χ2v) is 9.47. The van der Waals surface area contributed by atoms with Crippen LogP contribution in [0, 0.1) is 0 Å². The maximum absolute atomic E-state index is 11.8. The lowest BCUT2D eigenvalue weighted by atomic mass is 10.1. The molecule has 1 amide bonds. The summed E-state index contributed by atoms with van der Waals surface area (Å²) in [5.74, 6) is 1.03. The van der Waals surface area contributed by atoms with Crippen molar-refractivity contribution in [3.05, 3.63) is 59.2 Å². The Morgan fingerprint density at radius 3 is 2.46 bits per heavy atom. The normalized spacial score (nSPS) is 15.1. The van der Waals surface area contributed by atoms with Crippen LogP contribution in [0.15, 0.2) is 47.5 Å². The van der Waals surface area contributed by atoms with E-state index in [4.69, 9.17) is 4.74 Å². The van der Waals surface area contributed by atoms with E-state index in [-0.39, 0.29) is 12.3 Å². The molecule has 0 bridgehead atoms. The van der Waals surface area contributed by atoms with E-state index in [1.165, 1.54) is 37.9 Å². The topological polar surface area (TPSA) is 91.3 Å². The summed E-state index contributed by atoms with van der Waals surface area (Å²) in [5.41, 5.74) is 3.26. The lowest BCUT2D eigenvalue weighted by Crippen LogP contribution is -2.37. The Kier molecular flexibility index (Phi) is 10.8. The highest BCUT2D eigenvalue weighted by molar-refractivity contribution is 5.90. The van der Waals surface area contributed by atoms with Gasteiger partial charge in [-0.15, -0.1) is 0 Å². The highest BCUT2D eigenvalue weighted by Gasteiger charge is 2.17. The van der Waals surface area contributed by atoms with Gasteiger partial charge in [-0.25, -0.2) is 4.99 Å². The van der Waals surface area contributed by atoms with Gasteiger partial charge in [-0.2, -0.15) is 0 Å². The molecule has 1 atom stereocenters. The van der Waals surface area contributed by atoms with E-state index in [2.05, 4.69) is 39.5 Å². The zero-order chi connectivity index (χ0) is 26.6. The number of hydrogen-bond acceptors (Lipinski definition) is 6. The molecule has 3 rings (SSSR count). The molecule has 0 radical (unpaired) electrons. The van der Waals surface area contributed by atoms with Crippen LogP contribution < -0.4 is 10.1 Å². The maximum Gasteiger partial charge on any atom is 0.219 e. The third-order valence-electron chi connectivity index (χ3n) is 6.80. The van der Waals surface area contributed by atoms with Gasteiger partial charge in [-0.1, -0.05) is 30.7 Å². The Hall–Kier alpha value is -3.52. The number of carbonyl (C=O) groups excluding carboxylic acids is 3. The molecule has 0 saturated carbocycles. The lowest BCUT2D eigenvalue weighted by Gasteiger charge is -2.26. The second kappa shape index (κ2) is 14.3. The molecular formula is C29H38N4O4. The maximum atomic E-state index is 11.8. The van der Waals surface area contributed by atoms with Crippen LogP contribution >= 0.6 is 0 Å². The number of aliphatic imine (C=N–C) groups is 1. The number of carbonyl (C=O) groups is 3. The molecule has 8 heteroatoms. The fraction of sp³-hybridized carbons (Fsp3) is 0.448. The van der Waals surface area contributed by atoms with Crippen molar-refractivity contribution < 1.29 is 19.1 Å². The van der Waals surface area contributed by atoms with Crippen LogP contribution in [0.3, 0.4) is 0 Å². The van der Waals surface area contributed by atoms with Crippen molar-refractivity contribution in [1.82, 2.24) is 15.1 Å². The largest absolute Gasteiger partial charge is 0.489 e. The van der Waals surface area contributed by atoms with Crippen molar-refractivity contribution >= 4 is 30.0 Å². The first-order valence-electron chi connectivity index (χ1n) is 12.9. The number of amides is 1. The number of ether oxygens (including phenoxy) is 1. The standard InChI is InChI=1S/C29H38N4O4/c1-22(32(3)26(20-35)11-14-29(36)30-2)31-28-13-12-27(17-25(28)19-34)37-21-24-9-7-23(8-10-24)18-33-15-5-4-6-16-33/h7-10,12-13,17,19-20,26H,4-6,11,14-16,18,21H2,1-3H3,(H,30,36). The number of piperidine rings is 1. The van der Waals surface area contributed by atoms with Crippen LogP contribution in [0.25, 0.3) is 0 Å². The third-order valence-corrected chi connectivity index (χ3v) is 6.80. The van der Waals surface area contributed by atoms with E-state index in [0.717, 1.165) is 24.7 Å². The summed E-state index contributed by atoms with van der Waals surface area (Å²) in [6.07, 6.45) is 6.07. The van der Waals surface area contributed by atoms with E-state index in [0.29, 0.717) is 35.9 Å². The number of benzene rings is 2. The fourth-order valence-corrected chi connectivity index (χ4v) is 4.35. The molecule has 1 saturated heterocycles. The molecular weight excluding hydrogens is 468 g/mol. The second-order valence-electron chi connectivity index (χ2n) is 9.47. The summed E-state index contributed by atoms with van der Waals surface area (Å²) >= 11 is 0. The summed E-state index contributed by atoms with van der Waals surface area (Å²) in [6, 6.07) is 13.2. The Labute approximate surface area is 219 Å². The first-order chi connectivity index (χ1) is 17.9. The smallest absolute Gasteiger partial charge is 0.219 e. The number of amidine groups is 1. The molecule has 37 heavy (non-hydrogen) atoms. The minimum Gasteiger partial charge on any atom is -0.489 e. The number of nitrogens with one attached hydrogen (secondary N) is 1. The van der Waals surface area contributed by atoms with Gasteiger partial charge < -0.3 is 19.7 Å². The van der Waals surface area contributed by atoms with Crippen LogP contribution in [-0.4, -0.2) is 67.3 Å². The van der Waals surface area contributed by atoms with Crippen LogP contribution in [0.1, 0.15) is 60.5 Å². The zero-order valence-corrected chi connectivity index (χ0v) is 22.1. The summed E-state index contributed by atoms with van der Waals surface area (Å²) in [5, 5.41) is 2.55. The van der Waals surface area contributed by atoms with Crippen LogP contribution in [0.5, 0.6) is 5.75 Å². The van der Waals surface area contributed by atoms with Gasteiger partial charge in [-0.05, 0) is 68.6 Å². The first-order valence-corrected chi connectivity index (χ1v) is 12.9. The summed E-state index contributed by atoms with van der Waals surface area (Å²) < 4.78 is 5.94. The van der Waals surface area contributed by atoms with Crippen molar-refractivity contribution in [2.45, 2.75) is 58.2 Å². The van der Waals surface area contributed by atoms with Gasteiger partial charge in [0, 0.05) is 32.6 Å². The van der Waals surface area contributed by atoms with Gasteiger partial charge in [0.1, 0.15) is 24.5 Å². The number of nitrogens with zero attached hydrogens (tertiary/aromatic N) is 3. The van der Waals surface area contributed by atoms with Gasteiger partial charge in [0.15, 0.2) is 6.29 Å². The molecule has 1 N–H and O–H groups in total. The van der Waals surface area contributed by atoms with Gasteiger partial charge in [0.2, 0.25) is 5.91 Å². The molecule has 198 valence electrons. The van der Waals surface area contributed by atoms with E-state index in [1.54, 1.807) is 44.1 Å². The Bertz CT molecular complexity index is 1080. The predicted molar refractivity (Wildman–Crippen MR) is 145 cm³/mol. The highest BCUT2D eigenvalue weighted by atomic mass is 16.5. The molecule has 1 heterocycles. The summed E-state index contributed by atoms with van der Waals surface area (Å²) in [4.78, 5) is 43.6. The molecule has 1 unspecified atom stereocenters. The molecule has 8 nitrogen and oxygen atoms in total. The quantitative estimate of drug-likeness (QED) is 0.264. The summed E-state index contributed by atoms with van der Waals surface area (Å²) in [6.45, 7) is 5.51. The van der Waals surface area contributed by atoms with Crippen molar-refractivity contribution in [2.75, 3.05) is 27.2 Å². The van der Waals surface area contributed by atoms with Crippen molar-refractivity contribution in [1.29, 1.82) is 0 Å². The fourth-order valence-electron chi connectivity index (χ4n) is 4.35. The average molecular weight is 507 g/mol. The molecule has 1 aliphatic heterocycles. The molecule has 0 aliphatic carbocycles. The van der Waals surface area contributed by atoms with Gasteiger partial charge >= 0.3 is 0 Å². The van der Waals surface area contributed by atoms with Crippen molar-refractivity contribution in [3.63, 3.8) is 0 Å². The predicted octanol–water partition coefficient (Wildman–Crippen LogP) is 4.14. The van der Waals surface area contributed by atoms with E-state index >= 15 is 0 Å². The van der Waals surface area contributed by atoms with Gasteiger partial charge in [0.05, 0.1) is 11.7 Å². The number of hydrogen-bond donors (Lipinski definition) is 1. The molecule has 0 spiro atoms. The van der Waals surface area contributed by atoms with Crippen LogP contribution in [0.4, 0.5) is 5.69 Å². The van der Waals surface area contributed by atoms with Crippen LogP contribution in [-0.2, 0) is 22.7 Å². The average Bonchev–Trinajstić information content (AvgIpc) is 2.93. The van der Waals surface area contributed by atoms with Crippen molar-refractivity contribution in [3.8, 4) is 5.75 Å². The monoisotopic (exact) mass is 506 g/mol. The Morgan fingerprint density at radius 1 is 1.11 bits per heavy atom. The number of aldehydes is 2. The third kappa shape index (κ3) is 8.53. The highest BCUT2D eigenvalue weighted by Crippen LogP contribution is 2.25. The summed E-state index contributed by atoms with van der Waals surface area (Å²) in [7, 11) is 3.31.